The topological polar surface area (TPSA) is 53.1 Å². The number of ketones is 1. The number of nitrogens with one attached hydrogen (secondary N) is 1. The fourth-order valence-electron chi connectivity index (χ4n) is 3.89. The maximum Gasteiger partial charge on any atom is 0.201 e. The molecule has 140 valence electrons. The van der Waals surface area contributed by atoms with Crippen LogP contribution in [0.3, 0.4) is 0 Å². The molecule has 0 aliphatic heterocycles. The molecule has 2 N–H and O–H groups in total. The van der Waals surface area contributed by atoms with E-state index in [9.17, 15) is 9.90 Å². The highest BCUT2D eigenvalue weighted by atomic mass is 16.3. The number of H-pyrrole nitrogens is 1. The minimum atomic E-state index is -0.352. The van der Waals surface area contributed by atoms with Gasteiger partial charge < -0.3 is 10.1 Å². The average molecular weight is 369 g/mol. The van der Waals surface area contributed by atoms with Crippen LogP contribution in [0.1, 0.15) is 30.5 Å². The number of aryl methyl sites for hydroxylation is 1. The second kappa shape index (κ2) is 6.38. The van der Waals surface area contributed by atoms with Gasteiger partial charge in [0.05, 0.1) is 11.1 Å². The van der Waals surface area contributed by atoms with Gasteiger partial charge in [-0.25, -0.2) is 0 Å². The first-order chi connectivity index (χ1) is 13.3. The largest absolute Gasteiger partial charge is 0.506 e. The number of benzene rings is 2. The van der Waals surface area contributed by atoms with E-state index in [4.69, 9.17) is 0 Å². The number of aromatic nitrogens is 1. The zero-order chi connectivity index (χ0) is 20.1. The Morgan fingerprint density at radius 2 is 1.79 bits per heavy atom. The number of aromatic amines is 1. The van der Waals surface area contributed by atoms with E-state index in [-0.39, 0.29) is 17.0 Å². The van der Waals surface area contributed by atoms with Gasteiger partial charge in [-0.1, -0.05) is 62.9 Å². The van der Waals surface area contributed by atoms with Crippen LogP contribution >= 0.6 is 0 Å². The van der Waals surface area contributed by atoms with Gasteiger partial charge in [-0.15, -0.1) is 0 Å². The van der Waals surface area contributed by atoms with Crippen LogP contribution in [0.2, 0.25) is 0 Å². The fourth-order valence-corrected chi connectivity index (χ4v) is 3.89. The molecule has 1 aromatic heterocycles. The maximum atomic E-state index is 12.8. The Bertz CT molecular complexity index is 1190. The normalized spacial score (nSPS) is 16.0. The summed E-state index contributed by atoms with van der Waals surface area (Å²) in [5.41, 5.74) is 5.13. The number of rotatable bonds is 4. The standard InChI is InChI=1S/C25H23NO2/c1-15-9-5-7-11-20(15)25(3,4)16(2)13-18-23(27)22(24(18)28)19-14-26-21-12-8-6-10-17(19)21/h5-14,26-27H,2H2,1,3-4H3/b18-13-. The zero-order valence-electron chi connectivity index (χ0n) is 16.3. The van der Waals surface area contributed by atoms with E-state index < -0.39 is 0 Å². The molecule has 3 aromatic rings. The van der Waals surface area contributed by atoms with E-state index in [0.29, 0.717) is 11.1 Å². The van der Waals surface area contributed by atoms with Crippen LogP contribution < -0.4 is 0 Å². The van der Waals surface area contributed by atoms with Crippen molar-refractivity contribution >= 4 is 22.3 Å². The number of carbonyl (C=O) groups is 1. The number of carbonyl (C=O) groups excluding carboxylic acids is 1. The summed E-state index contributed by atoms with van der Waals surface area (Å²) in [5.74, 6) is -0.111. The van der Waals surface area contributed by atoms with Crippen molar-refractivity contribution in [3.63, 3.8) is 0 Å². The van der Waals surface area contributed by atoms with Crippen molar-refractivity contribution in [2.75, 3.05) is 0 Å². The molecule has 0 bridgehead atoms. The minimum absolute atomic E-state index is 0.0384. The first kappa shape index (κ1) is 18.1. The van der Waals surface area contributed by atoms with Crippen molar-refractivity contribution in [3.05, 3.63) is 101 Å². The smallest absolute Gasteiger partial charge is 0.201 e. The summed E-state index contributed by atoms with van der Waals surface area (Å²) < 4.78 is 0. The Kier molecular flexibility index (Phi) is 4.11. The monoisotopic (exact) mass is 369 g/mol. The number of allylic oxidation sites excluding steroid dienone is 4. The van der Waals surface area contributed by atoms with Gasteiger partial charge in [-0.05, 0) is 35.8 Å². The molecule has 0 saturated carbocycles. The Morgan fingerprint density at radius 3 is 2.50 bits per heavy atom. The van der Waals surface area contributed by atoms with Crippen molar-refractivity contribution in [2.24, 2.45) is 0 Å². The van der Waals surface area contributed by atoms with E-state index in [2.05, 4.69) is 44.5 Å². The van der Waals surface area contributed by atoms with Crippen LogP contribution in [0.15, 0.2) is 84.3 Å². The lowest BCUT2D eigenvalue weighted by molar-refractivity contribution is -0.111. The summed E-state index contributed by atoms with van der Waals surface area (Å²) in [7, 11) is 0. The molecule has 1 heterocycles. The lowest BCUT2D eigenvalue weighted by atomic mass is 9.74. The third-order valence-corrected chi connectivity index (χ3v) is 5.76. The Balaban J connectivity index is 1.71. The van der Waals surface area contributed by atoms with Gasteiger partial charge in [0.2, 0.25) is 5.78 Å². The molecule has 3 heteroatoms. The lowest BCUT2D eigenvalue weighted by Crippen LogP contribution is -2.24. The molecule has 1 aliphatic rings. The molecule has 0 amide bonds. The molecule has 28 heavy (non-hydrogen) atoms. The Hall–Kier alpha value is -3.33. The molecule has 3 nitrogen and oxygen atoms in total. The van der Waals surface area contributed by atoms with Crippen LogP contribution in [0.5, 0.6) is 0 Å². The van der Waals surface area contributed by atoms with Crippen LogP contribution in [0, 0.1) is 6.92 Å². The van der Waals surface area contributed by atoms with Crippen LogP contribution in [-0.4, -0.2) is 15.9 Å². The van der Waals surface area contributed by atoms with Crippen LogP contribution in [-0.2, 0) is 10.2 Å². The van der Waals surface area contributed by atoms with Gasteiger partial charge in [-0.2, -0.15) is 0 Å². The maximum absolute atomic E-state index is 12.8. The molecule has 0 unspecified atom stereocenters. The SMILES string of the molecule is C=C(/C=C1\C(=O)C(c2c[nH]c3ccccc23)=C1O)C(C)(C)c1ccccc1C. The van der Waals surface area contributed by atoms with Gasteiger partial charge in [0.15, 0.2) is 0 Å². The second-order valence-electron chi connectivity index (χ2n) is 7.82. The number of hydrogen-bond donors (Lipinski definition) is 2. The van der Waals surface area contributed by atoms with Gasteiger partial charge in [0.1, 0.15) is 5.76 Å². The molecule has 0 radical (unpaired) electrons. The predicted octanol–water partition coefficient (Wildman–Crippen LogP) is 5.79. The predicted molar refractivity (Wildman–Crippen MR) is 114 cm³/mol. The van der Waals surface area contributed by atoms with Gasteiger partial charge in [0.25, 0.3) is 0 Å². The highest BCUT2D eigenvalue weighted by molar-refractivity contribution is 6.40. The van der Waals surface area contributed by atoms with E-state index >= 15 is 0 Å². The molecular formula is C25H23NO2. The van der Waals surface area contributed by atoms with E-state index in [0.717, 1.165) is 27.6 Å². The summed E-state index contributed by atoms with van der Waals surface area (Å²) in [5, 5.41) is 11.6. The highest BCUT2D eigenvalue weighted by Gasteiger charge is 2.37. The van der Waals surface area contributed by atoms with Gasteiger partial charge in [-0.3, -0.25) is 4.79 Å². The molecule has 2 aromatic carbocycles. The number of hydrogen-bond acceptors (Lipinski definition) is 2. The molecule has 0 fully saturated rings. The second-order valence-corrected chi connectivity index (χ2v) is 7.82. The lowest BCUT2D eigenvalue weighted by Gasteiger charge is -2.30. The first-order valence-electron chi connectivity index (χ1n) is 9.34. The molecular weight excluding hydrogens is 346 g/mol. The van der Waals surface area contributed by atoms with E-state index in [1.165, 1.54) is 5.56 Å². The minimum Gasteiger partial charge on any atom is -0.506 e. The number of aliphatic hydroxyl groups is 1. The number of aliphatic hydroxyl groups excluding tert-OH is 1. The van der Waals surface area contributed by atoms with Crippen LogP contribution in [0.25, 0.3) is 16.5 Å². The van der Waals surface area contributed by atoms with E-state index in [1.807, 2.05) is 36.4 Å². The van der Waals surface area contributed by atoms with Crippen molar-refractivity contribution in [1.82, 2.24) is 4.98 Å². The van der Waals surface area contributed by atoms with Crippen molar-refractivity contribution in [2.45, 2.75) is 26.2 Å². The van der Waals surface area contributed by atoms with Crippen LogP contribution in [0.4, 0.5) is 0 Å². The first-order valence-corrected chi connectivity index (χ1v) is 9.34. The molecule has 0 atom stereocenters. The number of fused-ring (bicyclic) bond motifs is 1. The summed E-state index contributed by atoms with van der Waals surface area (Å²) in [4.78, 5) is 16.0. The molecule has 4 rings (SSSR count). The van der Waals surface area contributed by atoms with Crippen molar-refractivity contribution in [1.29, 1.82) is 0 Å². The highest BCUT2D eigenvalue weighted by Crippen LogP contribution is 2.41. The van der Waals surface area contributed by atoms with Crippen molar-refractivity contribution in [3.8, 4) is 0 Å². The number of para-hydroxylation sites is 1. The third-order valence-electron chi connectivity index (χ3n) is 5.76. The summed E-state index contributed by atoms with van der Waals surface area (Å²) in [6.45, 7) is 10.4. The Labute approximate surface area is 164 Å². The van der Waals surface area contributed by atoms with Crippen molar-refractivity contribution < 1.29 is 9.90 Å². The molecule has 0 spiro atoms. The van der Waals surface area contributed by atoms with Gasteiger partial charge >= 0.3 is 0 Å². The van der Waals surface area contributed by atoms with Gasteiger partial charge in [0, 0.05) is 28.1 Å². The molecule has 1 aliphatic carbocycles. The average Bonchev–Trinajstić information content (AvgIpc) is 3.10. The molecule has 0 saturated heterocycles. The number of Topliss-reactive ketones (excluding diaryl/α,β-unsaturated/α-hetero) is 1. The third kappa shape index (κ3) is 2.63. The Morgan fingerprint density at radius 1 is 1.11 bits per heavy atom. The van der Waals surface area contributed by atoms with E-state index in [1.54, 1.807) is 12.3 Å². The summed E-state index contributed by atoms with van der Waals surface area (Å²) in [6.07, 6.45) is 3.50. The fraction of sp³-hybridized carbons (Fsp3) is 0.160. The zero-order valence-corrected chi connectivity index (χ0v) is 16.3. The summed E-state index contributed by atoms with van der Waals surface area (Å²) >= 11 is 0. The quantitative estimate of drug-likeness (QED) is 0.572. The summed E-state index contributed by atoms with van der Waals surface area (Å²) in [6, 6.07) is 15.9.